The number of carbonyl (C=O) groups is 1. The molecule has 1 aliphatic rings. The van der Waals surface area contributed by atoms with E-state index in [9.17, 15) is 4.79 Å². The Bertz CT molecular complexity index is 1030. The van der Waals surface area contributed by atoms with E-state index in [4.69, 9.17) is 9.78 Å². The van der Waals surface area contributed by atoms with Crippen LogP contribution >= 0.6 is 11.3 Å². The number of hydrogen-bond acceptors (Lipinski definition) is 8. The number of aromatic nitrogens is 2. The number of amides is 1. The standard InChI is InChI=1S/C21H22N6O2S/c22-11-16-7-4-10-27(16)19(28)12-23-8-9-24-21-25-18(14-30-21)17-13-29-26-20(17)15-5-2-1-3-6-15/h1-3,5-6,13-14,16,23H,4,7-10,12H2,(H,24,25)/t16-/m0/s1. The summed E-state index contributed by atoms with van der Waals surface area (Å²) in [5, 5.41) is 22.4. The van der Waals surface area contributed by atoms with Crippen LogP contribution in [0.2, 0.25) is 0 Å². The van der Waals surface area contributed by atoms with Gasteiger partial charge in [0, 0.05) is 30.6 Å². The van der Waals surface area contributed by atoms with Crippen LogP contribution in [0.3, 0.4) is 0 Å². The third kappa shape index (κ3) is 4.50. The van der Waals surface area contributed by atoms with E-state index >= 15 is 0 Å². The highest BCUT2D eigenvalue weighted by Gasteiger charge is 2.27. The van der Waals surface area contributed by atoms with E-state index < -0.39 is 0 Å². The first kappa shape index (κ1) is 20.1. The number of carbonyl (C=O) groups excluding carboxylic acids is 1. The lowest BCUT2D eigenvalue weighted by atomic mass is 10.1. The first-order valence-electron chi connectivity index (χ1n) is 9.85. The molecule has 1 saturated heterocycles. The minimum Gasteiger partial charge on any atom is -0.363 e. The zero-order valence-corrected chi connectivity index (χ0v) is 17.2. The van der Waals surface area contributed by atoms with Crippen molar-refractivity contribution in [1.82, 2.24) is 20.4 Å². The highest BCUT2D eigenvalue weighted by molar-refractivity contribution is 7.14. The van der Waals surface area contributed by atoms with Gasteiger partial charge in [0.25, 0.3) is 0 Å². The Morgan fingerprint density at radius 2 is 2.20 bits per heavy atom. The Hall–Kier alpha value is -3.22. The van der Waals surface area contributed by atoms with Gasteiger partial charge < -0.3 is 20.1 Å². The number of nitriles is 1. The van der Waals surface area contributed by atoms with Crippen molar-refractivity contribution in [3.63, 3.8) is 0 Å². The molecule has 0 saturated carbocycles. The zero-order valence-electron chi connectivity index (χ0n) is 16.4. The molecule has 8 nitrogen and oxygen atoms in total. The molecule has 154 valence electrons. The molecule has 0 spiro atoms. The Labute approximate surface area is 178 Å². The van der Waals surface area contributed by atoms with Gasteiger partial charge in [-0.25, -0.2) is 4.98 Å². The first-order valence-corrected chi connectivity index (χ1v) is 10.7. The van der Waals surface area contributed by atoms with E-state index in [0.29, 0.717) is 19.6 Å². The molecule has 4 rings (SSSR count). The van der Waals surface area contributed by atoms with Gasteiger partial charge in [0.05, 0.1) is 23.9 Å². The van der Waals surface area contributed by atoms with E-state index in [-0.39, 0.29) is 18.5 Å². The molecular weight excluding hydrogens is 400 g/mol. The smallest absolute Gasteiger partial charge is 0.237 e. The van der Waals surface area contributed by atoms with Crippen molar-refractivity contribution >= 4 is 22.4 Å². The summed E-state index contributed by atoms with van der Waals surface area (Å²) < 4.78 is 5.19. The Balaban J connectivity index is 1.26. The molecule has 1 aliphatic heterocycles. The van der Waals surface area contributed by atoms with Gasteiger partial charge in [-0.1, -0.05) is 35.5 Å². The largest absolute Gasteiger partial charge is 0.363 e. The fraction of sp³-hybridized carbons (Fsp3) is 0.333. The van der Waals surface area contributed by atoms with Crippen LogP contribution in [0, 0.1) is 11.3 Å². The van der Waals surface area contributed by atoms with Gasteiger partial charge in [-0.2, -0.15) is 5.26 Å². The van der Waals surface area contributed by atoms with Crippen molar-refractivity contribution in [2.45, 2.75) is 18.9 Å². The summed E-state index contributed by atoms with van der Waals surface area (Å²) in [4.78, 5) is 18.5. The van der Waals surface area contributed by atoms with Crippen molar-refractivity contribution in [3.05, 3.63) is 42.0 Å². The molecular formula is C21H22N6O2S. The molecule has 3 heterocycles. The summed E-state index contributed by atoms with van der Waals surface area (Å²) in [6.07, 6.45) is 3.28. The van der Waals surface area contributed by atoms with Gasteiger partial charge >= 0.3 is 0 Å². The second-order valence-corrected chi connectivity index (χ2v) is 7.82. The van der Waals surface area contributed by atoms with Crippen LogP contribution in [0.5, 0.6) is 0 Å². The maximum atomic E-state index is 12.2. The molecule has 30 heavy (non-hydrogen) atoms. The van der Waals surface area contributed by atoms with Crippen LogP contribution in [-0.4, -0.2) is 53.2 Å². The highest BCUT2D eigenvalue weighted by Crippen LogP contribution is 2.32. The summed E-state index contributed by atoms with van der Waals surface area (Å²) in [5.41, 5.74) is 3.41. The fourth-order valence-corrected chi connectivity index (χ4v) is 4.19. The van der Waals surface area contributed by atoms with Gasteiger partial charge in [-0.15, -0.1) is 11.3 Å². The lowest BCUT2D eigenvalue weighted by Crippen LogP contribution is -2.41. The van der Waals surface area contributed by atoms with Crippen molar-refractivity contribution < 1.29 is 9.32 Å². The quantitative estimate of drug-likeness (QED) is 0.537. The SMILES string of the molecule is N#C[C@@H]1CCCN1C(=O)CNCCNc1nc(-c2conc2-c2ccccc2)cs1. The van der Waals surface area contributed by atoms with Crippen molar-refractivity contribution in [2.75, 3.05) is 31.5 Å². The summed E-state index contributed by atoms with van der Waals surface area (Å²) in [6.45, 7) is 2.17. The van der Waals surface area contributed by atoms with E-state index in [1.807, 2.05) is 35.7 Å². The van der Waals surface area contributed by atoms with Crippen molar-refractivity contribution in [1.29, 1.82) is 5.26 Å². The molecule has 1 fully saturated rings. The second kappa shape index (κ2) is 9.52. The Morgan fingerprint density at radius 1 is 1.33 bits per heavy atom. The number of benzene rings is 1. The minimum atomic E-state index is -0.274. The van der Waals surface area contributed by atoms with Gasteiger partial charge in [-0.05, 0) is 12.8 Å². The average molecular weight is 423 g/mol. The van der Waals surface area contributed by atoms with E-state index in [2.05, 4.69) is 26.8 Å². The number of rotatable bonds is 8. The molecule has 1 amide bonds. The van der Waals surface area contributed by atoms with Gasteiger partial charge in [0.1, 0.15) is 18.0 Å². The average Bonchev–Trinajstić information content (AvgIpc) is 3.53. The molecule has 0 radical (unpaired) electrons. The number of anilines is 1. The first-order chi connectivity index (χ1) is 14.8. The topological polar surface area (TPSA) is 107 Å². The number of nitrogens with zero attached hydrogens (tertiary/aromatic N) is 4. The van der Waals surface area contributed by atoms with E-state index in [1.165, 1.54) is 11.3 Å². The number of likely N-dealkylation sites (tertiary alicyclic amines) is 1. The van der Waals surface area contributed by atoms with Crippen molar-refractivity contribution in [3.8, 4) is 28.6 Å². The normalized spacial score (nSPS) is 15.8. The summed E-state index contributed by atoms with van der Waals surface area (Å²) in [7, 11) is 0. The van der Waals surface area contributed by atoms with Crippen LogP contribution in [-0.2, 0) is 4.79 Å². The molecule has 1 atom stereocenters. The second-order valence-electron chi connectivity index (χ2n) is 6.96. The molecule has 2 aromatic heterocycles. The monoisotopic (exact) mass is 422 g/mol. The van der Waals surface area contributed by atoms with Crippen LogP contribution in [0.1, 0.15) is 12.8 Å². The van der Waals surface area contributed by atoms with Gasteiger partial charge in [0.2, 0.25) is 5.91 Å². The third-order valence-corrected chi connectivity index (χ3v) is 5.77. The molecule has 1 aromatic carbocycles. The van der Waals surface area contributed by atoms with E-state index in [0.717, 1.165) is 40.5 Å². The Morgan fingerprint density at radius 3 is 3.03 bits per heavy atom. The third-order valence-electron chi connectivity index (χ3n) is 4.97. The lowest BCUT2D eigenvalue weighted by Gasteiger charge is -2.19. The Kier molecular flexibility index (Phi) is 6.37. The molecule has 0 aliphatic carbocycles. The summed E-state index contributed by atoms with van der Waals surface area (Å²) in [5.74, 6) is -0.0171. The predicted octanol–water partition coefficient (Wildman–Crippen LogP) is 2.98. The summed E-state index contributed by atoms with van der Waals surface area (Å²) >= 11 is 1.51. The summed E-state index contributed by atoms with van der Waals surface area (Å²) in [6, 6.07) is 11.8. The number of nitrogens with one attached hydrogen (secondary N) is 2. The predicted molar refractivity (Wildman–Crippen MR) is 115 cm³/mol. The van der Waals surface area contributed by atoms with Gasteiger partial charge in [0.15, 0.2) is 5.13 Å². The van der Waals surface area contributed by atoms with E-state index in [1.54, 1.807) is 11.2 Å². The number of hydrogen-bond donors (Lipinski definition) is 2. The molecule has 9 heteroatoms. The fourth-order valence-electron chi connectivity index (χ4n) is 3.46. The zero-order chi connectivity index (χ0) is 20.8. The minimum absolute atomic E-state index is 0.0171. The van der Waals surface area contributed by atoms with Crippen molar-refractivity contribution in [2.24, 2.45) is 0 Å². The number of thiazole rings is 1. The van der Waals surface area contributed by atoms with Crippen LogP contribution in [0.15, 0.2) is 46.5 Å². The maximum Gasteiger partial charge on any atom is 0.237 e. The molecule has 2 N–H and O–H groups in total. The van der Waals surface area contributed by atoms with Crippen LogP contribution < -0.4 is 10.6 Å². The van der Waals surface area contributed by atoms with Crippen LogP contribution in [0.4, 0.5) is 5.13 Å². The molecule has 0 unspecified atom stereocenters. The van der Waals surface area contributed by atoms with Crippen LogP contribution in [0.25, 0.3) is 22.5 Å². The highest BCUT2D eigenvalue weighted by atomic mass is 32.1. The maximum absolute atomic E-state index is 12.2. The lowest BCUT2D eigenvalue weighted by molar-refractivity contribution is -0.130. The van der Waals surface area contributed by atoms with Gasteiger partial charge in [-0.3, -0.25) is 4.79 Å². The molecule has 3 aromatic rings. The molecule has 0 bridgehead atoms.